The molecule has 0 saturated heterocycles. The molecule has 4 heteroatoms. The molecule has 3 fully saturated rings. The van der Waals surface area contributed by atoms with Crippen LogP contribution in [0.4, 0.5) is 0 Å². The predicted molar refractivity (Wildman–Crippen MR) is 97.8 cm³/mol. The number of fused-ring (bicyclic) bond motifs is 1. The van der Waals surface area contributed by atoms with E-state index in [1.54, 1.807) is 31.2 Å². The molecule has 0 amide bonds. The number of carbonyl (C=O) groups is 2. The van der Waals surface area contributed by atoms with Gasteiger partial charge in [0.05, 0.1) is 0 Å². The van der Waals surface area contributed by atoms with E-state index in [4.69, 9.17) is 9.47 Å². The van der Waals surface area contributed by atoms with Crippen LogP contribution in [0, 0.1) is 22.2 Å². The molecule has 5 unspecified atom stereocenters. The van der Waals surface area contributed by atoms with Gasteiger partial charge in [-0.2, -0.15) is 0 Å². The maximum absolute atomic E-state index is 12.9. The maximum atomic E-state index is 12.9. The second kappa shape index (κ2) is 5.21. The first-order chi connectivity index (χ1) is 12.2. The van der Waals surface area contributed by atoms with Crippen molar-refractivity contribution < 1.29 is 19.1 Å². The van der Waals surface area contributed by atoms with Crippen LogP contribution in [-0.2, 0) is 9.53 Å². The van der Waals surface area contributed by atoms with Gasteiger partial charge < -0.3 is 9.47 Å². The highest BCUT2D eigenvalue weighted by Crippen LogP contribution is 3.00. The average molecular weight is 354 g/mol. The van der Waals surface area contributed by atoms with Crippen LogP contribution in [0.1, 0.15) is 57.3 Å². The van der Waals surface area contributed by atoms with Crippen LogP contribution in [0.3, 0.4) is 0 Å². The third-order valence-electron chi connectivity index (χ3n) is 7.64. The lowest BCUT2D eigenvalue weighted by Gasteiger charge is -2.34. The van der Waals surface area contributed by atoms with Crippen LogP contribution in [0.25, 0.3) is 0 Å². The van der Waals surface area contributed by atoms with Crippen molar-refractivity contribution in [3.05, 3.63) is 42.0 Å². The minimum atomic E-state index is -0.543. The van der Waals surface area contributed by atoms with Crippen LogP contribution >= 0.6 is 0 Å². The second-order valence-corrected chi connectivity index (χ2v) is 8.68. The summed E-state index contributed by atoms with van der Waals surface area (Å²) in [6, 6.07) is 6.73. The molecule has 3 saturated carbocycles. The zero-order valence-electron chi connectivity index (χ0n) is 15.9. The molecule has 0 aromatic heterocycles. The predicted octanol–water partition coefficient (Wildman–Crippen LogP) is 4.54. The summed E-state index contributed by atoms with van der Waals surface area (Å²) in [5.74, 6) is -0.0474. The lowest BCUT2D eigenvalue weighted by molar-refractivity contribution is -0.130. The van der Waals surface area contributed by atoms with Crippen molar-refractivity contribution in [3.8, 4) is 5.75 Å². The third-order valence-corrected chi connectivity index (χ3v) is 7.64. The molecule has 0 aliphatic heterocycles. The molecule has 1 spiro atoms. The first-order valence-corrected chi connectivity index (χ1v) is 9.39. The van der Waals surface area contributed by atoms with E-state index < -0.39 is 11.9 Å². The number of para-hydroxylation sites is 1. The van der Waals surface area contributed by atoms with Crippen molar-refractivity contribution in [3.63, 3.8) is 0 Å². The maximum Gasteiger partial charge on any atom is 0.342 e. The fourth-order valence-corrected chi connectivity index (χ4v) is 5.81. The molecule has 138 valence electrons. The molecule has 26 heavy (non-hydrogen) atoms. The molecule has 1 aromatic rings. The summed E-state index contributed by atoms with van der Waals surface area (Å²) in [7, 11) is 0. The van der Waals surface area contributed by atoms with Crippen LogP contribution in [0.2, 0.25) is 0 Å². The quantitative estimate of drug-likeness (QED) is 0.442. The summed E-state index contributed by atoms with van der Waals surface area (Å²) in [5.41, 5.74) is 1.47. The Labute approximate surface area is 154 Å². The molecule has 3 aliphatic carbocycles. The number of carbonyl (C=O) groups excluding carboxylic acids is 2. The van der Waals surface area contributed by atoms with Gasteiger partial charge in [0.1, 0.15) is 17.4 Å². The van der Waals surface area contributed by atoms with Gasteiger partial charge in [-0.3, -0.25) is 0 Å². The van der Waals surface area contributed by atoms with Gasteiger partial charge >= 0.3 is 11.9 Å². The first kappa shape index (κ1) is 17.3. The number of esters is 2. The summed E-state index contributed by atoms with van der Waals surface area (Å²) in [6.45, 7) is 12.0. The first-order valence-electron chi connectivity index (χ1n) is 9.39. The average Bonchev–Trinajstić information content (AvgIpc) is 3.37. The van der Waals surface area contributed by atoms with Crippen LogP contribution in [-0.4, -0.2) is 18.0 Å². The van der Waals surface area contributed by atoms with Gasteiger partial charge in [-0.05, 0) is 55.1 Å². The fraction of sp³-hybridized carbons (Fsp3) is 0.545. The van der Waals surface area contributed by atoms with Crippen molar-refractivity contribution in [2.24, 2.45) is 22.2 Å². The van der Waals surface area contributed by atoms with Crippen molar-refractivity contribution in [1.82, 2.24) is 0 Å². The van der Waals surface area contributed by atoms with Gasteiger partial charge in [-0.15, -0.1) is 0 Å². The van der Waals surface area contributed by atoms with Gasteiger partial charge in [0.15, 0.2) is 0 Å². The third kappa shape index (κ3) is 1.96. The Balaban J connectivity index is 1.53. The Bertz CT molecular complexity index is 827. The van der Waals surface area contributed by atoms with Gasteiger partial charge in [0, 0.05) is 11.0 Å². The molecule has 1 aromatic carbocycles. The zero-order valence-corrected chi connectivity index (χ0v) is 15.9. The zero-order chi connectivity index (χ0) is 18.9. The lowest BCUT2D eigenvalue weighted by atomic mass is 9.76. The van der Waals surface area contributed by atoms with Crippen LogP contribution < -0.4 is 4.74 Å². The molecule has 0 bridgehead atoms. The summed E-state index contributed by atoms with van der Waals surface area (Å²) >= 11 is 0. The van der Waals surface area contributed by atoms with E-state index in [1.807, 2.05) is 0 Å². The van der Waals surface area contributed by atoms with Crippen LogP contribution in [0.5, 0.6) is 5.75 Å². The Hall–Kier alpha value is -2.10. The number of ether oxygens (including phenoxy) is 2. The number of hydrogen-bond donors (Lipinski definition) is 0. The van der Waals surface area contributed by atoms with E-state index in [-0.39, 0.29) is 28.4 Å². The van der Waals surface area contributed by atoms with Gasteiger partial charge in [-0.1, -0.05) is 39.5 Å². The van der Waals surface area contributed by atoms with Crippen LogP contribution in [0.15, 0.2) is 36.4 Å². The van der Waals surface area contributed by atoms with Crippen molar-refractivity contribution >= 4 is 11.9 Å². The summed E-state index contributed by atoms with van der Waals surface area (Å²) in [4.78, 5) is 24.7. The Kier molecular flexibility index (Phi) is 3.47. The highest BCUT2D eigenvalue weighted by Gasteiger charge is 2.96. The van der Waals surface area contributed by atoms with E-state index in [0.717, 1.165) is 12.8 Å². The number of rotatable bonds is 5. The van der Waals surface area contributed by atoms with E-state index in [1.165, 1.54) is 6.42 Å². The van der Waals surface area contributed by atoms with E-state index >= 15 is 0 Å². The topological polar surface area (TPSA) is 52.6 Å². The van der Waals surface area contributed by atoms with Crippen molar-refractivity contribution in [2.75, 3.05) is 0 Å². The molecule has 4 nitrogen and oxygen atoms in total. The van der Waals surface area contributed by atoms with Gasteiger partial charge in [0.2, 0.25) is 0 Å². The highest BCUT2D eigenvalue weighted by atomic mass is 16.6. The van der Waals surface area contributed by atoms with E-state index in [0.29, 0.717) is 16.7 Å². The summed E-state index contributed by atoms with van der Waals surface area (Å²) in [5, 5.41) is 0. The largest absolute Gasteiger partial charge is 0.458 e. The molecule has 0 heterocycles. The van der Waals surface area contributed by atoms with Crippen molar-refractivity contribution in [2.45, 2.75) is 53.1 Å². The lowest BCUT2D eigenvalue weighted by Crippen LogP contribution is -2.36. The molecule has 0 radical (unpaired) electrons. The van der Waals surface area contributed by atoms with E-state index in [2.05, 4.69) is 27.4 Å². The fourth-order valence-electron chi connectivity index (χ4n) is 5.81. The molecular weight excluding hydrogens is 328 g/mol. The SMILES string of the molecule is C=C(C)C(=O)Oc1ccccc1C(=O)OC1CC2C3(C)CC23C1(C)CC. The van der Waals surface area contributed by atoms with Crippen molar-refractivity contribution in [1.29, 1.82) is 0 Å². The van der Waals surface area contributed by atoms with Gasteiger partial charge in [0.25, 0.3) is 0 Å². The number of benzene rings is 1. The minimum Gasteiger partial charge on any atom is -0.458 e. The second-order valence-electron chi connectivity index (χ2n) is 8.68. The smallest absolute Gasteiger partial charge is 0.342 e. The standard InChI is InChI=1S/C22H26O4/c1-6-20(4)17(11-16-21(5)12-22(16,20)21)26-19(24)14-9-7-8-10-15(14)25-18(23)13(2)3/h7-10,16-17H,2,6,11-12H2,1,3-5H3. The monoisotopic (exact) mass is 354 g/mol. The molecule has 0 N–H and O–H groups in total. The Morgan fingerprint density at radius 2 is 1.96 bits per heavy atom. The molecular formula is C22H26O4. The summed E-state index contributed by atoms with van der Waals surface area (Å²) < 4.78 is 11.3. The van der Waals surface area contributed by atoms with Gasteiger partial charge in [-0.25, -0.2) is 9.59 Å². The highest BCUT2D eigenvalue weighted by molar-refractivity contribution is 5.95. The summed E-state index contributed by atoms with van der Waals surface area (Å²) in [6.07, 6.45) is 3.13. The minimum absolute atomic E-state index is 0.0331. The Morgan fingerprint density at radius 1 is 1.27 bits per heavy atom. The normalized spacial score (nSPS) is 38.8. The number of hydrogen-bond acceptors (Lipinski definition) is 4. The molecule has 3 aliphatic rings. The molecule has 4 rings (SSSR count). The molecule has 5 atom stereocenters. The Morgan fingerprint density at radius 3 is 2.58 bits per heavy atom. The van der Waals surface area contributed by atoms with E-state index in [9.17, 15) is 9.59 Å².